The molecule has 0 aliphatic carbocycles. The Balaban J connectivity index is 2.25. The second kappa shape index (κ2) is 5.07. The van der Waals surface area contributed by atoms with Crippen LogP contribution >= 0.6 is 0 Å². The fourth-order valence-electron chi connectivity index (χ4n) is 1.68. The summed E-state index contributed by atoms with van der Waals surface area (Å²) in [6.45, 7) is 3.54. The Bertz CT molecular complexity index is 663. The van der Waals surface area contributed by atoms with Gasteiger partial charge in [0.2, 0.25) is 10.0 Å². The molecule has 19 heavy (non-hydrogen) atoms. The molecule has 102 valence electrons. The number of aryl methyl sites for hydroxylation is 1. The Morgan fingerprint density at radius 1 is 1.32 bits per heavy atom. The number of sulfonamides is 1. The lowest BCUT2D eigenvalue weighted by molar-refractivity contribution is 0.459. The molecule has 0 aliphatic heterocycles. The monoisotopic (exact) mass is 280 g/mol. The molecule has 2 rings (SSSR count). The van der Waals surface area contributed by atoms with Crippen LogP contribution < -0.4 is 10.5 Å². The van der Waals surface area contributed by atoms with Crippen molar-refractivity contribution in [2.75, 3.05) is 5.73 Å². The molecule has 1 heterocycles. The van der Waals surface area contributed by atoms with Crippen molar-refractivity contribution in [3.8, 4) is 0 Å². The SMILES string of the molecule is Cc1ccc(S(=O)(=O)NC(C)c2ccco2)cc1N. The van der Waals surface area contributed by atoms with Crippen LogP contribution in [0.25, 0.3) is 0 Å². The van der Waals surface area contributed by atoms with Crippen molar-refractivity contribution in [2.24, 2.45) is 0 Å². The fourth-order valence-corrected chi connectivity index (χ4v) is 2.93. The maximum absolute atomic E-state index is 12.2. The predicted octanol–water partition coefficient (Wildman–Crippen LogP) is 2.21. The maximum Gasteiger partial charge on any atom is 0.241 e. The quantitative estimate of drug-likeness (QED) is 0.841. The summed E-state index contributed by atoms with van der Waals surface area (Å²) in [7, 11) is -3.61. The second-order valence-electron chi connectivity index (χ2n) is 4.38. The number of nitrogens with one attached hydrogen (secondary N) is 1. The van der Waals surface area contributed by atoms with Gasteiger partial charge in [0.15, 0.2) is 0 Å². The molecule has 1 aromatic heterocycles. The van der Waals surface area contributed by atoms with Gasteiger partial charge in [-0.15, -0.1) is 0 Å². The van der Waals surface area contributed by atoms with Crippen LogP contribution in [0.3, 0.4) is 0 Å². The minimum Gasteiger partial charge on any atom is -0.468 e. The number of benzene rings is 1. The normalized spacial score (nSPS) is 13.4. The van der Waals surface area contributed by atoms with Gasteiger partial charge < -0.3 is 10.2 Å². The van der Waals surface area contributed by atoms with E-state index in [9.17, 15) is 8.42 Å². The van der Waals surface area contributed by atoms with Crippen LogP contribution in [0.4, 0.5) is 5.69 Å². The minimum atomic E-state index is -3.61. The van der Waals surface area contributed by atoms with E-state index < -0.39 is 16.1 Å². The van der Waals surface area contributed by atoms with Gasteiger partial charge in [0.1, 0.15) is 5.76 Å². The third-order valence-corrected chi connectivity index (χ3v) is 4.40. The van der Waals surface area contributed by atoms with Gasteiger partial charge in [-0.2, -0.15) is 0 Å². The van der Waals surface area contributed by atoms with E-state index in [1.807, 2.05) is 6.92 Å². The lowest BCUT2D eigenvalue weighted by atomic mass is 10.2. The van der Waals surface area contributed by atoms with Gasteiger partial charge in [-0.05, 0) is 43.7 Å². The van der Waals surface area contributed by atoms with Gasteiger partial charge in [-0.25, -0.2) is 13.1 Å². The molecule has 0 saturated heterocycles. The molecule has 0 spiro atoms. The fraction of sp³-hybridized carbons (Fsp3) is 0.231. The number of nitrogens with two attached hydrogens (primary N) is 1. The van der Waals surface area contributed by atoms with Crippen LogP contribution in [0.1, 0.15) is 24.3 Å². The number of nitrogen functional groups attached to an aromatic ring is 1. The largest absolute Gasteiger partial charge is 0.468 e. The number of hydrogen-bond donors (Lipinski definition) is 2. The predicted molar refractivity (Wildman–Crippen MR) is 73.0 cm³/mol. The summed E-state index contributed by atoms with van der Waals surface area (Å²) in [4.78, 5) is 0.147. The number of anilines is 1. The average Bonchev–Trinajstić information content (AvgIpc) is 2.85. The molecule has 0 aliphatic rings. The summed E-state index contributed by atoms with van der Waals surface area (Å²) >= 11 is 0. The Morgan fingerprint density at radius 2 is 2.05 bits per heavy atom. The van der Waals surface area contributed by atoms with Gasteiger partial charge in [0, 0.05) is 5.69 Å². The van der Waals surface area contributed by atoms with Crippen molar-refractivity contribution in [1.82, 2.24) is 4.72 Å². The summed E-state index contributed by atoms with van der Waals surface area (Å²) in [5.74, 6) is 0.559. The van der Waals surface area contributed by atoms with Crippen LogP contribution in [0.15, 0.2) is 45.9 Å². The number of hydrogen-bond acceptors (Lipinski definition) is 4. The highest BCUT2D eigenvalue weighted by Gasteiger charge is 2.20. The molecule has 0 bridgehead atoms. The Hall–Kier alpha value is -1.79. The average molecular weight is 280 g/mol. The molecule has 0 amide bonds. The first kappa shape index (κ1) is 13.6. The van der Waals surface area contributed by atoms with Crippen molar-refractivity contribution in [3.63, 3.8) is 0 Å². The zero-order valence-corrected chi connectivity index (χ0v) is 11.6. The first-order valence-corrected chi connectivity index (χ1v) is 7.30. The molecule has 3 N–H and O–H groups in total. The first-order chi connectivity index (χ1) is 8.90. The maximum atomic E-state index is 12.2. The molecule has 0 fully saturated rings. The van der Waals surface area contributed by atoms with Crippen molar-refractivity contribution in [2.45, 2.75) is 24.8 Å². The number of furan rings is 1. The summed E-state index contributed by atoms with van der Waals surface area (Å²) in [6, 6.07) is 7.65. The molecule has 5 nitrogen and oxygen atoms in total. The van der Waals surface area contributed by atoms with Gasteiger partial charge >= 0.3 is 0 Å². The topological polar surface area (TPSA) is 85.3 Å². The van der Waals surface area contributed by atoms with E-state index in [1.54, 1.807) is 25.1 Å². The Kier molecular flexibility index (Phi) is 3.64. The third kappa shape index (κ3) is 2.97. The van der Waals surface area contributed by atoms with Gasteiger partial charge in [0.05, 0.1) is 17.2 Å². The summed E-state index contributed by atoms with van der Waals surface area (Å²) in [6.07, 6.45) is 1.50. The van der Waals surface area contributed by atoms with Crippen LogP contribution in [-0.4, -0.2) is 8.42 Å². The van der Waals surface area contributed by atoms with E-state index in [0.717, 1.165) is 5.56 Å². The highest BCUT2D eigenvalue weighted by Crippen LogP contribution is 2.20. The van der Waals surface area contributed by atoms with Crippen molar-refractivity contribution < 1.29 is 12.8 Å². The van der Waals surface area contributed by atoms with Gasteiger partial charge in [0.25, 0.3) is 0 Å². The molecular formula is C13H16N2O3S. The van der Waals surface area contributed by atoms with E-state index in [1.165, 1.54) is 18.4 Å². The van der Waals surface area contributed by atoms with Gasteiger partial charge in [-0.3, -0.25) is 0 Å². The van der Waals surface area contributed by atoms with Crippen LogP contribution in [-0.2, 0) is 10.0 Å². The van der Waals surface area contributed by atoms with Gasteiger partial charge in [-0.1, -0.05) is 6.07 Å². The van der Waals surface area contributed by atoms with E-state index in [4.69, 9.17) is 10.2 Å². The van der Waals surface area contributed by atoms with E-state index in [0.29, 0.717) is 11.4 Å². The molecule has 1 aromatic carbocycles. The molecule has 2 aromatic rings. The Labute approximate surface area is 112 Å². The molecular weight excluding hydrogens is 264 g/mol. The van der Waals surface area contributed by atoms with E-state index >= 15 is 0 Å². The molecule has 0 saturated carbocycles. The Morgan fingerprint density at radius 3 is 2.63 bits per heavy atom. The molecule has 1 unspecified atom stereocenters. The summed E-state index contributed by atoms with van der Waals surface area (Å²) in [5.41, 5.74) is 7.03. The number of rotatable bonds is 4. The lowest BCUT2D eigenvalue weighted by Gasteiger charge is -2.13. The molecule has 6 heteroatoms. The molecule has 1 atom stereocenters. The van der Waals surface area contributed by atoms with E-state index in [2.05, 4.69) is 4.72 Å². The second-order valence-corrected chi connectivity index (χ2v) is 6.09. The minimum absolute atomic E-state index is 0.147. The highest BCUT2D eigenvalue weighted by atomic mass is 32.2. The van der Waals surface area contributed by atoms with Crippen molar-refractivity contribution in [1.29, 1.82) is 0 Å². The van der Waals surface area contributed by atoms with Crippen LogP contribution in [0.5, 0.6) is 0 Å². The highest BCUT2D eigenvalue weighted by molar-refractivity contribution is 7.89. The zero-order chi connectivity index (χ0) is 14.0. The van der Waals surface area contributed by atoms with Crippen molar-refractivity contribution >= 4 is 15.7 Å². The lowest BCUT2D eigenvalue weighted by Crippen LogP contribution is -2.26. The summed E-state index contributed by atoms with van der Waals surface area (Å²) < 4.78 is 32.1. The zero-order valence-electron chi connectivity index (χ0n) is 10.8. The standard InChI is InChI=1S/C13H16N2O3S/c1-9-5-6-11(8-12(9)14)19(16,17)15-10(2)13-4-3-7-18-13/h3-8,10,15H,14H2,1-2H3. The van der Waals surface area contributed by atoms with Crippen LogP contribution in [0, 0.1) is 6.92 Å². The van der Waals surface area contributed by atoms with E-state index in [-0.39, 0.29) is 4.90 Å². The molecule has 0 radical (unpaired) electrons. The summed E-state index contributed by atoms with van der Waals surface area (Å²) in [5, 5.41) is 0. The van der Waals surface area contributed by atoms with Crippen molar-refractivity contribution in [3.05, 3.63) is 47.9 Å². The smallest absolute Gasteiger partial charge is 0.241 e. The third-order valence-electron chi connectivity index (χ3n) is 2.86. The first-order valence-electron chi connectivity index (χ1n) is 5.82. The van der Waals surface area contributed by atoms with Crippen LogP contribution in [0.2, 0.25) is 0 Å².